The van der Waals surface area contributed by atoms with Gasteiger partial charge < -0.3 is 19.5 Å². The van der Waals surface area contributed by atoms with E-state index in [0.29, 0.717) is 0 Å². The molecule has 0 saturated carbocycles. The molecule has 0 aromatic heterocycles. The molecule has 0 amide bonds. The summed E-state index contributed by atoms with van der Waals surface area (Å²) in [6, 6.07) is 5.76. The molecule has 1 aromatic rings. The molecule has 0 saturated heterocycles. The first-order valence-electron chi connectivity index (χ1n) is 6.00. The molecule has 4 heteroatoms. The van der Waals surface area contributed by atoms with E-state index in [1.807, 2.05) is 18.2 Å². The lowest BCUT2D eigenvalue weighted by molar-refractivity contribution is 0.0502. The minimum absolute atomic E-state index is 0.0571. The Hall–Kier alpha value is -1.26. The molecule has 0 spiro atoms. The van der Waals surface area contributed by atoms with Crippen LogP contribution >= 0.6 is 0 Å². The topological polar surface area (TPSA) is 39.7 Å². The van der Waals surface area contributed by atoms with Crippen molar-refractivity contribution in [3.8, 4) is 11.5 Å². The second kappa shape index (κ2) is 6.61. The fraction of sp³-hybridized carbons (Fsp3) is 0.571. The van der Waals surface area contributed by atoms with Gasteiger partial charge in [-0.25, -0.2) is 0 Å². The Balaban J connectivity index is 2.82. The second-order valence-corrected chi connectivity index (χ2v) is 5.13. The van der Waals surface area contributed by atoms with Gasteiger partial charge in [-0.2, -0.15) is 0 Å². The summed E-state index contributed by atoms with van der Waals surface area (Å²) in [4.78, 5) is 0. The van der Waals surface area contributed by atoms with Gasteiger partial charge in [-0.15, -0.1) is 0 Å². The molecule has 1 N–H and O–H groups in total. The molecule has 0 unspecified atom stereocenters. The SMILES string of the molecule is COCOc1ccc(OC)cc1CNC(C)(C)C. The van der Waals surface area contributed by atoms with Crippen LogP contribution in [-0.2, 0) is 11.3 Å². The molecular formula is C14H23NO3. The normalized spacial score (nSPS) is 11.4. The molecule has 0 atom stereocenters. The minimum Gasteiger partial charge on any atom is -0.497 e. The van der Waals surface area contributed by atoms with E-state index in [1.165, 1.54) is 0 Å². The van der Waals surface area contributed by atoms with Crippen molar-refractivity contribution in [2.24, 2.45) is 0 Å². The highest BCUT2D eigenvalue weighted by atomic mass is 16.7. The summed E-state index contributed by atoms with van der Waals surface area (Å²) in [6.07, 6.45) is 0. The van der Waals surface area contributed by atoms with Crippen LogP contribution in [0.1, 0.15) is 26.3 Å². The van der Waals surface area contributed by atoms with Gasteiger partial charge in [0.05, 0.1) is 7.11 Å². The first kappa shape index (κ1) is 14.8. The molecule has 0 aliphatic rings. The Bertz CT molecular complexity index is 372. The molecule has 0 radical (unpaired) electrons. The predicted octanol–water partition coefficient (Wildman–Crippen LogP) is 2.57. The lowest BCUT2D eigenvalue weighted by Crippen LogP contribution is -2.35. The number of methoxy groups -OCH3 is 2. The lowest BCUT2D eigenvalue weighted by Gasteiger charge is -2.22. The van der Waals surface area contributed by atoms with Crippen LogP contribution in [0.3, 0.4) is 0 Å². The standard InChI is InChI=1S/C14H23NO3/c1-14(2,3)15-9-11-8-12(17-5)6-7-13(11)18-10-16-4/h6-8,15H,9-10H2,1-5H3. The molecule has 0 aliphatic heterocycles. The fourth-order valence-electron chi connectivity index (χ4n) is 1.44. The van der Waals surface area contributed by atoms with E-state index in [4.69, 9.17) is 14.2 Å². The van der Waals surface area contributed by atoms with Gasteiger partial charge in [0, 0.05) is 24.8 Å². The summed E-state index contributed by atoms with van der Waals surface area (Å²) in [7, 11) is 3.27. The smallest absolute Gasteiger partial charge is 0.188 e. The summed E-state index contributed by atoms with van der Waals surface area (Å²) < 4.78 is 15.7. The Morgan fingerprint density at radius 3 is 2.44 bits per heavy atom. The predicted molar refractivity (Wildman–Crippen MR) is 72.1 cm³/mol. The molecular weight excluding hydrogens is 230 g/mol. The maximum absolute atomic E-state index is 5.53. The van der Waals surface area contributed by atoms with Gasteiger partial charge >= 0.3 is 0 Å². The number of nitrogens with one attached hydrogen (secondary N) is 1. The van der Waals surface area contributed by atoms with E-state index >= 15 is 0 Å². The molecule has 0 aliphatic carbocycles. The zero-order valence-corrected chi connectivity index (χ0v) is 11.9. The zero-order valence-electron chi connectivity index (χ0n) is 11.9. The molecule has 102 valence electrons. The van der Waals surface area contributed by atoms with Crippen LogP contribution in [0.15, 0.2) is 18.2 Å². The van der Waals surface area contributed by atoms with E-state index in [-0.39, 0.29) is 12.3 Å². The van der Waals surface area contributed by atoms with Crippen LogP contribution < -0.4 is 14.8 Å². The molecule has 0 heterocycles. The van der Waals surface area contributed by atoms with Gasteiger partial charge in [0.25, 0.3) is 0 Å². The third kappa shape index (κ3) is 4.94. The molecule has 0 fully saturated rings. The molecule has 18 heavy (non-hydrogen) atoms. The molecule has 0 bridgehead atoms. The number of ether oxygens (including phenoxy) is 3. The number of rotatable bonds is 6. The maximum Gasteiger partial charge on any atom is 0.188 e. The Morgan fingerprint density at radius 2 is 1.89 bits per heavy atom. The first-order valence-corrected chi connectivity index (χ1v) is 6.00. The van der Waals surface area contributed by atoms with E-state index in [9.17, 15) is 0 Å². The van der Waals surface area contributed by atoms with Crippen LogP contribution in [0.2, 0.25) is 0 Å². The first-order chi connectivity index (χ1) is 8.46. The third-order valence-electron chi connectivity index (χ3n) is 2.41. The van der Waals surface area contributed by atoms with Gasteiger partial charge in [0.15, 0.2) is 6.79 Å². The van der Waals surface area contributed by atoms with Crippen LogP contribution in [0, 0.1) is 0 Å². The second-order valence-electron chi connectivity index (χ2n) is 5.13. The number of benzene rings is 1. The van der Waals surface area contributed by atoms with Crippen molar-refractivity contribution in [2.45, 2.75) is 32.9 Å². The van der Waals surface area contributed by atoms with Gasteiger partial charge in [-0.05, 0) is 39.0 Å². The third-order valence-corrected chi connectivity index (χ3v) is 2.41. The summed E-state index contributed by atoms with van der Waals surface area (Å²) in [5.41, 5.74) is 1.11. The molecule has 1 rings (SSSR count). The largest absolute Gasteiger partial charge is 0.497 e. The van der Waals surface area contributed by atoms with Gasteiger partial charge in [-0.3, -0.25) is 0 Å². The van der Waals surface area contributed by atoms with Crippen molar-refractivity contribution < 1.29 is 14.2 Å². The number of hydrogen-bond acceptors (Lipinski definition) is 4. The Kier molecular flexibility index (Phi) is 5.44. The van der Waals surface area contributed by atoms with Crippen LogP contribution in [0.25, 0.3) is 0 Å². The van der Waals surface area contributed by atoms with E-state index < -0.39 is 0 Å². The summed E-state index contributed by atoms with van der Waals surface area (Å²) >= 11 is 0. The Labute approximate surface area is 109 Å². The highest BCUT2D eigenvalue weighted by Crippen LogP contribution is 2.24. The van der Waals surface area contributed by atoms with Crippen molar-refractivity contribution >= 4 is 0 Å². The van der Waals surface area contributed by atoms with E-state index in [0.717, 1.165) is 23.6 Å². The van der Waals surface area contributed by atoms with E-state index in [1.54, 1.807) is 14.2 Å². The van der Waals surface area contributed by atoms with Gasteiger partial charge in [0.2, 0.25) is 0 Å². The van der Waals surface area contributed by atoms with Crippen molar-refractivity contribution in [1.82, 2.24) is 5.32 Å². The molecule has 4 nitrogen and oxygen atoms in total. The maximum atomic E-state index is 5.53. The van der Waals surface area contributed by atoms with Crippen molar-refractivity contribution in [1.29, 1.82) is 0 Å². The fourth-order valence-corrected chi connectivity index (χ4v) is 1.44. The minimum atomic E-state index is 0.0571. The van der Waals surface area contributed by atoms with Gasteiger partial charge in [-0.1, -0.05) is 0 Å². The number of hydrogen-bond donors (Lipinski definition) is 1. The van der Waals surface area contributed by atoms with Crippen molar-refractivity contribution in [3.63, 3.8) is 0 Å². The quantitative estimate of drug-likeness (QED) is 0.791. The van der Waals surface area contributed by atoms with Crippen LogP contribution in [0.5, 0.6) is 11.5 Å². The average Bonchev–Trinajstić information content (AvgIpc) is 2.33. The monoisotopic (exact) mass is 253 g/mol. The zero-order chi connectivity index (χ0) is 13.6. The van der Waals surface area contributed by atoms with E-state index in [2.05, 4.69) is 26.1 Å². The van der Waals surface area contributed by atoms with Gasteiger partial charge in [0.1, 0.15) is 11.5 Å². The molecule has 1 aromatic carbocycles. The summed E-state index contributed by atoms with van der Waals surface area (Å²) in [5.74, 6) is 1.64. The lowest BCUT2D eigenvalue weighted by atomic mass is 10.1. The highest BCUT2D eigenvalue weighted by molar-refractivity contribution is 5.40. The average molecular weight is 253 g/mol. The summed E-state index contributed by atoms with van der Waals surface area (Å²) in [5, 5.41) is 3.43. The summed E-state index contributed by atoms with van der Waals surface area (Å²) in [6.45, 7) is 7.35. The Morgan fingerprint density at radius 1 is 1.17 bits per heavy atom. The van der Waals surface area contributed by atoms with Crippen molar-refractivity contribution in [3.05, 3.63) is 23.8 Å². The van der Waals surface area contributed by atoms with Crippen LogP contribution in [0.4, 0.5) is 0 Å². The van der Waals surface area contributed by atoms with Crippen molar-refractivity contribution in [2.75, 3.05) is 21.0 Å². The highest BCUT2D eigenvalue weighted by Gasteiger charge is 2.12. The van der Waals surface area contributed by atoms with Crippen LogP contribution in [-0.4, -0.2) is 26.6 Å².